The highest BCUT2D eigenvalue weighted by molar-refractivity contribution is 5.86. The molecular formula is C17H28N2O3. The van der Waals surface area contributed by atoms with E-state index in [-0.39, 0.29) is 11.8 Å². The van der Waals surface area contributed by atoms with Gasteiger partial charge in [-0.05, 0) is 61.7 Å². The van der Waals surface area contributed by atoms with Gasteiger partial charge in [0.25, 0.3) is 0 Å². The Morgan fingerprint density at radius 2 is 1.55 bits per heavy atom. The van der Waals surface area contributed by atoms with E-state index >= 15 is 0 Å². The van der Waals surface area contributed by atoms with Crippen molar-refractivity contribution in [1.82, 2.24) is 10.6 Å². The highest BCUT2D eigenvalue weighted by atomic mass is 16.5. The number of nitrogens with one attached hydrogen (secondary N) is 2. The highest BCUT2D eigenvalue weighted by Crippen LogP contribution is 2.53. The van der Waals surface area contributed by atoms with E-state index in [2.05, 4.69) is 15.4 Å². The first-order valence-electron chi connectivity index (χ1n) is 8.62. The fourth-order valence-corrected chi connectivity index (χ4v) is 5.14. The molecule has 2 amide bonds. The zero-order valence-electron chi connectivity index (χ0n) is 13.8. The number of alkyl carbamates (subject to hydrolysis) is 1. The molecule has 0 aromatic carbocycles. The normalized spacial score (nSPS) is 37.0. The molecule has 0 aromatic rings. The maximum absolute atomic E-state index is 12.6. The van der Waals surface area contributed by atoms with E-state index in [9.17, 15) is 9.59 Å². The van der Waals surface area contributed by atoms with E-state index in [1.54, 1.807) is 0 Å². The Balaban J connectivity index is 1.64. The smallest absolute Gasteiger partial charge is 0.407 e. The van der Waals surface area contributed by atoms with Crippen LogP contribution >= 0.6 is 0 Å². The second-order valence-corrected chi connectivity index (χ2v) is 7.82. The average molecular weight is 308 g/mol. The summed E-state index contributed by atoms with van der Waals surface area (Å²) in [6, 6.07) is -0.217. The van der Waals surface area contributed by atoms with Crippen LogP contribution in [0.4, 0.5) is 4.79 Å². The van der Waals surface area contributed by atoms with E-state index in [1.807, 2.05) is 13.8 Å². The van der Waals surface area contributed by atoms with Gasteiger partial charge in [0.1, 0.15) is 6.04 Å². The number of carbonyl (C=O) groups is 2. The molecule has 4 saturated carbocycles. The Labute approximate surface area is 132 Å². The van der Waals surface area contributed by atoms with Crippen molar-refractivity contribution in [2.24, 2.45) is 29.6 Å². The molecule has 5 nitrogen and oxygen atoms in total. The lowest BCUT2D eigenvalue weighted by Gasteiger charge is -2.54. The van der Waals surface area contributed by atoms with E-state index in [0.717, 1.165) is 11.8 Å². The Morgan fingerprint density at radius 3 is 2.00 bits per heavy atom. The SMILES string of the molecule is COC(=O)N[C@H](C(=O)NC1C2CC3CC(C2)CC1C3)C(C)C. The standard InChI is InChI=1S/C17H28N2O3/c1-9(2)14(19-17(21)22-3)16(20)18-15-12-5-10-4-11(7-12)8-13(15)6-10/h9-15H,4-8H2,1-3H3,(H,18,20)(H,19,21)/t10?,11?,12?,13?,14-,15?/m0/s1. The van der Waals surface area contributed by atoms with Gasteiger partial charge in [-0.25, -0.2) is 4.79 Å². The quantitative estimate of drug-likeness (QED) is 0.837. The molecule has 0 radical (unpaired) electrons. The summed E-state index contributed by atoms with van der Waals surface area (Å²) in [4.78, 5) is 24.1. The summed E-state index contributed by atoms with van der Waals surface area (Å²) >= 11 is 0. The number of rotatable bonds is 4. The molecule has 4 fully saturated rings. The van der Waals surface area contributed by atoms with E-state index < -0.39 is 12.1 Å². The van der Waals surface area contributed by atoms with Crippen molar-refractivity contribution in [3.05, 3.63) is 0 Å². The summed E-state index contributed by atoms with van der Waals surface area (Å²) in [6.07, 6.45) is 5.96. The predicted octanol–water partition coefficient (Wildman–Crippen LogP) is 2.31. The van der Waals surface area contributed by atoms with Crippen molar-refractivity contribution in [3.63, 3.8) is 0 Å². The third-order valence-electron chi connectivity index (χ3n) is 5.94. The minimum absolute atomic E-state index is 0.0379. The minimum atomic E-state index is -0.543. The van der Waals surface area contributed by atoms with Crippen molar-refractivity contribution in [3.8, 4) is 0 Å². The van der Waals surface area contributed by atoms with Gasteiger partial charge in [-0.1, -0.05) is 13.8 Å². The molecular weight excluding hydrogens is 280 g/mol. The number of amides is 2. The first kappa shape index (κ1) is 15.6. The molecule has 124 valence electrons. The van der Waals surface area contributed by atoms with Crippen LogP contribution in [0.25, 0.3) is 0 Å². The van der Waals surface area contributed by atoms with Crippen molar-refractivity contribution >= 4 is 12.0 Å². The summed E-state index contributed by atoms with van der Waals surface area (Å²) < 4.78 is 4.64. The molecule has 0 aromatic heterocycles. The van der Waals surface area contributed by atoms with Crippen molar-refractivity contribution < 1.29 is 14.3 Å². The van der Waals surface area contributed by atoms with E-state index in [0.29, 0.717) is 17.9 Å². The van der Waals surface area contributed by atoms with Gasteiger partial charge in [0.15, 0.2) is 0 Å². The lowest BCUT2D eigenvalue weighted by molar-refractivity contribution is -0.128. The Kier molecular flexibility index (Phi) is 4.33. The fourth-order valence-electron chi connectivity index (χ4n) is 5.14. The topological polar surface area (TPSA) is 67.4 Å². The summed E-state index contributed by atoms with van der Waals surface area (Å²) in [5, 5.41) is 5.93. The maximum Gasteiger partial charge on any atom is 0.407 e. The second kappa shape index (κ2) is 6.09. The second-order valence-electron chi connectivity index (χ2n) is 7.82. The number of ether oxygens (including phenoxy) is 1. The zero-order chi connectivity index (χ0) is 15.9. The molecule has 0 aliphatic heterocycles. The van der Waals surface area contributed by atoms with Crippen LogP contribution in [0.2, 0.25) is 0 Å². The van der Waals surface area contributed by atoms with Gasteiger partial charge in [0.05, 0.1) is 7.11 Å². The van der Waals surface area contributed by atoms with Crippen LogP contribution in [0, 0.1) is 29.6 Å². The van der Waals surface area contributed by atoms with Crippen LogP contribution in [0.3, 0.4) is 0 Å². The average Bonchev–Trinajstić information content (AvgIpc) is 2.46. The summed E-state index contributed by atoms with van der Waals surface area (Å²) in [5.74, 6) is 3.06. The lowest BCUT2D eigenvalue weighted by atomic mass is 9.54. The van der Waals surface area contributed by atoms with Crippen LogP contribution in [0.1, 0.15) is 46.0 Å². The van der Waals surface area contributed by atoms with Crippen molar-refractivity contribution in [2.45, 2.75) is 58.0 Å². The van der Waals surface area contributed by atoms with Gasteiger partial charge < -0.3 is 15.4 Å². The monoisotopic (exact) mass is 308 g/mol. The van der Waals surface area contributed by atoms with E-state index in [4.69, 9.17) is 0 Å². The summed E-state index contributed by atoms with van der Waals surface area (Å²) in [5.41, 5.74) is 0. The molecule has 0 spiro atoms. The Morgan fingerprint density at radius 1 is 1.00 bits per heavy atom. The number of methoxy groups -OCH3 is 1. The third kappa shape index (κ3) is 2.95. The van der Waals surface area contributed by atoms with Crippen LogP contribution < -0.4 is 10.6 Å². The largest absolute Gasteiger partial charge is 0.453 e. The van der Waals surface area contributed by atoms with Gasteiger partial charge in [-0.15, -0.1) is 0 Å². The van der Waals surface area contributed by atoms with Crippen LogP contribution in [0.5, 0.6) is 0 Å². The van der Waals surface area contributed by atoms with Crippen LogP contribution in [-0.4, -0.2) is 31.2 Å². The highest BCUT2D eigenvalue weighted by Gasteiger charge is 2.49. The zero-order valence-corrected chi connectivity index (χ0v) is 13.8. The van der Waals surface area contributed by atoms with Gasteiger partial charge in [-0.2, -0.15) is 0 Å². The maximum atomic E-state index is 12.6. The molecule has 4 aliphatic rings. The molecule has 22 heavy (non-hydrogen) atoms. The van der Waals surface area contributed by atoms with Gasteiger partial charge in [0.2, 0.25) is 5.91 Å². The Hall–Kier alpha value is -1.26. The van der Waals surface area contributed by atoms with Gasteiger partial charge >= 0.3 is 6.09 Å². The molecule has 4 rings (SSSR count). The van der Waals surface area contributed by atoms with Gasteiger partial charge in [0, 0.05) is 6.04 Å². The predicted molar refractivity (Wildman–Crippen MR) is 83.1 cm³/mol. The molecule has 4 aliphatic carbocycles. The molecule has 4 bridgehead atoms. The first-order valence-corrected chi connectivity index (χ1v) is 8.62. The lowest BCUT2D eigenvalue weighted by Crippen LogP contribution is -2.59. The summed E-state index contributed by atoms with van der Waals surface area (Å²) in [6.45, 7) is 3.88. The minimum Gasteiger partial charge on any atom is -0.453 e. The summed E-state index contributed by atoms with van der Waals surface area (Å²) in [7, 11) is 1.32. The number of hydrogen-bond donors (Lipinski definition) is 2. The van der Waals surface area contributed by atoms with Crippen molar-refractivity contribution in [2.75, 3.05) is 7.11 Å². The molecule has 1 atom stereocenters. The molecule has 0 heterocycles. The van der Waals surface area contributed by atoms with Crippen LogP contribution in [0.15, 0.2) is 0 Å². The van der Waals surface area contributed by atoms with Crippen LogP contribution in [-0.2, 0) is 9.53 Å². The fraction of sp³-hybridized carbons (Fsp3) is 0.882. The molecule has 0 saturated heterocycles. The number of carbonyl (C=O) groups excluding carboxylic acids is 2. The van der Waals surface area contributed by atoms with E-state index in [1.165, 1.54) is 39.2 Å². The molecule has 2 N–H and O–H groups in total. The number of hydrogen-bond acceptors (Lipinski definition) is 3. The van der Waals surface area contributed by atoms with Crippen molar-refractivity contribution in [1.29, 1.82) is 0 Å². The van der Waals surface area contributed by atoms with Gasteiger partial charge in [-0.3, -0.25) is 4.79 Å². The first-order chi connectivity index (χ1) is 10.5. The third-order valence-corrected chi connectivity index (χ3v) is 5.94. The molecule has 5 heteroatoms. The molecule has 0 unspecified atom stereocenters. The Bertz CT molecular complexity index is 421.